The van der Waals surface area contributed by atoms with Gasteiger partial charge in [-0.15, -0.1) is 0 Å². The molecule has 6 heteroatoms. The second-order valence-electron chi connectivity index (χ2n) is 6.34. The average Bonchev–Trinajstić information content (AvgIpc) is 3.12. The number of hydrogen-bond donors (Lipinski definition) is 1. The summed E-state index contributed by atoms with van der Waals surface area (Å²) < 4.78 is 11.5. The monoisotopic (exact) mass is 339 g/mol. The molecule has 2 aliphatic heterocycles. The van der Waals surface area contributed by atoms with Crippen LogP contribution < -0.4 is 10.2 Å². The molecule has 1 aromatic carbocycles. The zero-order chi connectivity index (χ0) is 17.1. The van der Waals surface area contributed by atoms with E-state index in [1.807, 2.05) is 24.3 Å². The average molecular weight is 339 g/mol. The summed E-state index contributed by atoms with van der Waals surface area (Å²) in [5.41, 5.74) is 2.46. The summed E-state index contributed by atoms with van der Waals surface area (Å²) in [6.45, 7) is 3.21. The van der Waals surface area contributed by atoms with Gasteiger partial charge >= 0.3 is 0 Å². The molecule has 1 amide bonds. The Hall–Kier alpha value is -2.44. The number of anilines is 2. The van der Waals surface area contributed by atoms with Crippen LogP contribution in [-0.4, -0.2) is 43.0 Å². The van der Waals surface area contributed by atoms with Gasteiger partial charge in [0.25, 0.3) is 5.91 Å². The zero-order valence-corrected chi connectivity index (χ0v) is 14.0. The number of carbonyl (C=O) groups is 1. The molecule has 2 saturated heterocycles. The van der Waals surface area contributed by atoms with Gasteiger partial charge in [0.1, 0.15) is 0 Å². The van der Waals surface area contributed by atoms with Crippen molar-refractivity contribution in [1.29, 1.82) is 0 Å². The lowest BCUT2D eigenvalue weighted by Crippen LogP contribution is -2.45. The number of carbonyl (C=O) groups excluding carboxylic acids is 1. The number of rotatable bonds is 3. The zero-order valence-electron chi connectivity index (χ0n) is 14.0. The maximum Gasteiger partial charge on any atom is 0.257 e. The molecule has 4 rings (SSSR count). The van der Waals surface area contributed by atoms with Crippen molar-refractivity contribution < 1.29 is 14.3 Å². The van der Waals surface area contributed by atoms with Gasteiger partial charge in [0.15, 0.2) is 5.79 Å². The summed E-state index contributed by atoms with van der Waals surface area (Å²) in [5.74, 6) is -0.509. The Morgan fingerprint density at radius 1 is 1.08 bits per heavy atom. The predicted molar refractivity (Wildman–Crippen MR) is 94.7 cm³/mol. The molecule has 0 atom stereocenters. The molecule has 2 fully saturated rings. The summed E-state index contributed by atoms with van der Waals surface area (Å²) in [4.78, 5) is 18.4. The second-order valence-corrected chi connectivity index (χ2v) is 6.34. The van der Waals surface area contributed by atoms with Crippen LogP contribution in [-0.2, 0) is 9.47 Å². The highest BCUT2D eigenvalue weighted by atomic mass is 16.7. The van der Waals surface area contributed by atoms with E-state index in [1.165, 1.54) is 0 Å². The Labute approximate surface area is 146 Å². The molecule has 0 bridgehead atoms. The van der Waals surface area contributed by atoms with Crippen LogP contribution in [0.4, 0.5) is 11.4 Å². The normalized spacial score (nSPS) is 19.1. The number of piperidine rings is 1. The minimum atomic E-state index is -0.353. The van der Waals surface area contributed by atoms with Gasteiger partial charge in [-0.2, -0.15) is 0 Å². The van der Waals surface area contributed by atoms with E-state index in [-0.39, 0.29) is 11.7 Å². The standard InChI is InChI=1S/C19H21N3O3/c23-18(15-2-1-9-20-14-15)21-16-3-5-17(6-4-16)22-10-7-19(8-11-22)24-12-13-25-19/h1-6,9,14H,7-8,10-13H2,(H,21,23). The van der Waals surface area contributed by atoms with Gasteiger partial charge in [0, 0.05) is 49.7 Å². The second kappa shape index (κ2) is 6.82. The Morgan fingerprint density at radius 2 is 1.80 bits per heavy atom. The van der Waals surface area contributed by atoms with Crippen LogP contribution in [0.5, 0.6) is 0 Å². The van der Waals surface area contributed by atoms with E-state index in [9.17, 15) is 4.79 Å². The molecule has 2 aliphatic rings. The number of nitrogens with one attached hydrogen (secondary N) is 1. The third-order valence-electron chi connectivity index (χ3n) is 4.75. The fourth-order valence-corrected chi connectivity index (χ4v) is 3.35. The number of amides is 1. The molecule has 1 spiro atoms. The molecule has 3 heterocycles. The third-order valence-corrected chi connectivity index (χ3v) is 4.75. The van der Waals surface area contributed by atoms with Crippen molar-refractivity contribution in [2.45, 2.75) is 18.6 Å². The first-order valence-electron chi connectivity index (χ1n) is 8.58. The maximum atomic E-state index is 12.2. The van der Waals surface area contributed by atoms with Gasteiger partial charge in [0.05, 0.1) is 18.8 Å². The summed E-state index contributed by atoms with van der Waals surface area (Å²) in [6, 6.07) is 11.4. The summed E-state index contributed by atoms with van der Waals surface area (Å²) in [6.07, 6.45) is 4.97. The number of hydrogen-bond acceptors (Lipinski definition) is 5. The van der Waals surface area contributed by atoms with Crippen molar-refractivity contribution in [3.05, 3.63) is 54.4 Å². The maximum absolute atomic E-state index is 12.2. The smallest absolute Gasteiger partial charge is 0.257 e. The number of pyridine rings is 1. The molecule has 1 N–H and O–H groups in total. The van der Waals surface area contributed by atoms with Gasteiger partial charge in [-0.05, 0) is 36.4 Å². The fourth-order valence-electron chi connectivity index (χ4n) is 3.35. The van der Waals surface area contributed by atoms with Crippen LogP contribution in [0, 0.1) is 0 Å². The highest BCUT2D eigenvalue weighted by molar-refractivity contribution is 6.04. The van der Waals surface area contributed by atoms with E-state index < -0.39 is 0 Å². The molecule has 2 aromatic rings. The van der Waals surface area contributed by atoms with Crippen LogP contribution in [0.25, 0.3) is 0 Å². The molecule has 0 aliphatic carbocycles. The lowest BCUT2D eigenvalue weighted by Gasteiger charge is -2.38. The molecular formula is C19H21N3O3. The number of ether oxygens (including phenoxy) is 2. The SMILES string of the molecule is O=C(Nc1ccc(N2CCC3(CC2)OCCO3)cc1)c1cccnc1. The van der Waals surface area contributed by atoms with Crippen LogP contribution in [0.2, 0.25) is 0 Å². The first-order chi connectivity index (χ1) is 12.2. The Balaban J connectivity index is 1.37. The van der Waals surface area contributed by atoms with E-state index in [0.29, 0.717) is 18.8 Å². The van der Waals surface area contributed by atoms with Crippen LogP contribution in [0.1, 0.15) is 23.2 Å². The number of benzene rings is 1. The van der Waals surface area contributed by atoms with E-state index >= 15 is 0 Å². The van der Waals surface area contributed by atoms with E-state index in [2.05, 4.69) is 15.2 Å². The van der Waals surface area contributed by atoms with Crippen LogP contribution >= 0.6 is 0 Å². The van der Waals surface area contributed by atoms with E-state index in [4.69, 9.17) is 9.47 Å². The van der Waals surface area contributed by atoms with Crippen molar-refractivity contribution >= 4 is 17.3 Å². The lowest BCUT2D eigenvalue weighted by molar-refractivity contribution is -0.169. The van der Waals surface area contributed by atoms with Gasteiger partial charge in [-0.25, -0.2) is 0 Å². The van der Waals surface area contributed by atoms with Gasteiger partial charge in [-0.3, -0.25) is 9.78 Å². The summed E-state index contributed by atoms with van der Waals surface area (Å²) in [7, 11) is 0. The first kappa shape index (κ1) is 16.1. The molecular weight excluding hydrogens is 318 g/mol. The minimum Gasteiger partial charge on any atom is -0.371 e. The van der Waals surface area contributed by atoms with Crippen LogP contribution in [0.3, 0.4) is 0 Å². The predicted octanol–water partition coefficient (Wildman–Crippen LogP) is 2.68. The van der Waals surface area contributed by atoms with E-state index in [0.717, 1.165) is 37.3 Å². The van der Waals surface area contributed by atoms with Gasteiger partial charge in [0.2, 0.25) is 0 Å². The summed E-state index contributed by atoms with van der Waals surface area (Å²) >= 11 is 0. The molecule has 0 saturated carbocycles. The molecule has 0 unspecified atom stereocenters. The van der Waals surface area contributed by atoms with Crippen molar-refractivity contribution in [1.82, 2.24) is 4.98 Å². The van der Waals surface area contributed by atoms with Gasteiger partial charge < -0.3 is 19.7 Å². The topological polar surface area (TPSA) is 63.7 Å². The van der Waals surface area contributed by atoms with Crippen molar-refractivity contribution in [3.63, 3.8) is 0 Å². The van der Waals surface area contributed by atoms with Crippen molar-refractivity contribution in [2.24, 2.45) is 0 Å². The molecule has 6 nitrogen and oxygen atoms in total. The fraction of sp³-hybridized carbons (Fsp3) is 0.368. The largest absolute Gasteiger partial charge is 0.371 e. The van der Waals surface area contributed by atoms with Crippen molar-refractivity contribution in [3.8, 4) is 0 Å². The molecule has 25 heavy (non-hydrogen) atoms. The highest BCUT2D eigenvalue weighted by Crippen LogP contribution is 2.33. The molecule has 0 radical (unpaired) electrons. The Bertz CT molecular complexity index is 717. The lowest BCUT2D eigenvalue weighted by atomic mass is 10.0. The quantitative estimate of drug-likeness (QED) is 0.931. The Morgan fingerprint density at radius 3 is 2.44 bits per heavy atom. The first-order valence-corrected chi connectivity index (χ1v) is 8.58. The molecule has 130 valence electrons. The Kier molecular flexibility index (Phi) is 4.38. The van der Waals surface area contributed by atoms with E-state index in [1.54, 1.807) is 24.5 Å². The number of nitrogens with zero attached hydrogens (tertiary/aromatic N) is 2. The minimum absolute atomic E-state index is 0.156. The third kappa shape index (κ3) is 3.50. The molecule has 1 aromatic heterocycles. The van der Waals surface area contributed by atoms with Crippen molar-refractivity contribution in [2.75, 3.05) is 36.5 Å². The van der Waals surface area contributed by atoms with Gasteiger partial charge in [-0.1, -0.05) is 0 Å². The summed E-state index contributed by atoms with van der Waals surface area (Å²) in [5, 5.41) is 2.89. The van der Waals surface area contributed by atoms with Crippen LogP contribution in [0.15, 0.2) is 48.8 Å². The number of aromatic nitrogens is 1. The highest BCUT2D eigenvalue weighted by Gasteiger charge is 2.39.